The number of rotatable bonds is 4. The first-order valence-corrected chi connectivity index (χ1v) is 7.85. The summed E-state index contributed by atoms with van der Waals surface area (Å²) in [4.78, 5) is 0. The van der Waals surface area contributed by atoms with Crippen LogP contribution < -0.4 is 9.47 Å². The van der Waals surface area contributed by atoms with Crippen LogP contribution in [0.4, 0.5) is 0 Å². The minimum absolute atomic E-state index is 0.358. The highest BCUT2D eigenvalue weighted by atomic mass is 79.9. The molecule has 0 bridgehead atoms. The van der Waals surface area contributed by atoms with Crippen molar-refractivity contribution < 1.29 is 9.47 Å². The van der Waals surface area contributed by atoms with E-state index in [9.17, 15) is 0 Å². The van der Waals surface area contributed by atoms with Gasteiger partial charge in [-0.2, -0.15) is 0 Å². The van der Waals surface area contributed by atoms with Gasteiger partial charge in [0.2, 0.25) is 0 Å². The number of alkyl halides is 1. The van der Waals surface area contributed by atoms with Gasteiger partial charge in [-0.15, -0.1) is 0 Å². The average Bonchev–Trinajstić information content (AvgIpc) is 2.68. The molecule has 0 N–H and O–H groups in total. The van der Waals surface area contributed by atoms with Crippen LogP contribution in [0.5, 0.6) is 11.5 Å². The Morgan fingerprint density at radius 1 is 1.11 bits per heavy atom. The van der Waals surface area contributed by atoms with Gasteiger partial charge in [-0.25, -0.2) is 0 Å². The van der Waals surface area contributed by atoms with Crippen molar-refractivity contribution in [3.05, 3.63) is 23.8 Å². The summed E-state index contributed by atoms with van der Waals surface area (Å²) >= 11 is 3.46. The van der Waals surface area contributed by atoms with Gasteiger partial charge in [0, 0.05) is 5.33 Å². The van der Waals surface area contributed by atoms with E-state index >= 15 is 0 Å². The second kappa shape index (κ2) is 7.03. The lowest BCUT2D eigenvalue weighted by Crippen LogP contribution is -2.15. The number of hydrogen-bond acceptors (Lipinski definition) is 2. The summed E-state index contributed by atoms with van der Waals surface area (Å²) in [6.07, 6.45) is 7.96. The molecule has 3 heteroatoms. The third kappa shape index (κ3) is 3.64. The highest BCUT2D eigenvalue weighted by molar-refractivity contribution is 9.08. The first-order valence-electron chi connectivity index (χ1n) is 6.73. The fourth-order valence-electron chi connectivity index (χ4n) is 2.43. The van der Waals surface area contributed by atoms with Gasteiger partial charge in [-0.1, -0.05) is 34.8 Å². The van der Waals surface area contributed by atoms with Gasteiger partial charge in [0.25, 0.3) is 0 Å². The topological polar surface area (TPSA) is 18.5 Å². The second-order valence-electron chi connectivity index (χ2n) is 4.85. The highest BCUT2D eigenvalue weighted by Crippen LogP contribution is 2.32. The van der Waals surface area contributed by atoms with Crippen molar-refractivity contribution in [2.24, 2.45) is 0 Å². The maximum absolute atomic E-state index is 6.12. The van der Waals surface area contributed by atoms with Crippen LogP contribution in [0.2, 0.25) is 0 Å². The fraction of sp³-hybridized carbons (Fsp3) is 0.600. The van der Waals surface area contributed by atoms with Gasteiger partial charge >= 0.3 is 0 Å². The average molecular weight is 313 g/mol. The van der Waals surface area contributed by atoms with Gasteiger partial charge < -0.3 is 9.47 Å². The lowest BCUT2D eigenvalue weighted by molar-refractivity contribution is 0.176. The van der Waals surface area contributed by atoms with Crippen LogP contribution in [-0.4, -0.2) is 13.2 Å². The van der Waals surface area contributed by atoms with Crippen LogP contribution in [0.15, 0.2) is 18.2 Å². The molecular formula is C15H21BrO2. The van der Waals surface area contributed by atoms with Crippen LogP contribution in [0, 0.1) is 0 Å². The zero-order valence-electron chi connectivity index (χ0n) is 11.0. The van der Waals surface area contributed by atoms with E-state index in [0.717, 1.165) is 16.8 Å². The molecule has 1 saturated carbocycles. The normalized spacial score (nSPS) is 17.2. The largest absolute Gasteiger partial charge is 0.493 e. The van der Waals surface area contributed by atoms with Crippen LogP contribution in [-0.2, 0) is 5.33 Å². The Balaban J connectivity index is 2.07. The Kier molecular flexibility index (Phi) is 5.36. The standard InChI is InChI=1S/C15H21BrO2/c1-17-15-10-12(11-16)8-9-14(15)18-13-6-4-2-3-5-7-13/h8-10,13H,2-7,11H2,1H3. The summed E-state index contributed by atoms with van der Waals surface area (Å²) in [5.41, 5.74) is 1.21. The predicted octanol–water partition coefficient (Wildman–Crippen LogP) is 4.69. The molecule has 0 saturated heterocycles. The maximum atomic E-state index is 6.12. The van der Waals surface area contributed by atoms with Gasteiger partial charge in [0.15, 0.2) is 11.5 Å². The molecule has 0 spiro atoms. The number of methoxy groups -OCH3 is 1. The first-order chi connectivity index (χ1) is 8.83. The second-order valence-corrected chi connectivity index (χ2v) is 5.41. The van der Waals surface area contributed by atoms with E-state index in [2.05, 4.69) is 22.0 Å². The molecule has 100 valence electrons. The van der Waals surface area contributed by atoms with Crippen LogP contribution >= 0.6 is 15.9 Å². The van der Waals surface area contributed by atoms with Gasteiger partial charge in [-0.3, -0.25) is 0 Å². The van der Waals surface area contributed by atoms with Crippen molar-refractivity contribution in [2.75, 3.05) is 7.11 Å². The number of hydrogen-bond donors (Lipinski definition) is 0. The predicted molar refractivity (Wildman–Crippen MR) is 77.7 cm³/mol. The summed E-state index contributed by atoms with van der Waals surface area (Å²) in [6.45, 7) is 0. The first kappa shape index (κ1) is 13.7. The third-order valence-electron chi connectivity index (χ3n) is 3.48. The summed E-state index contributed by atoms with van der Waals surface area (Å²) in [7, 11) is 1.70. The van der Waals surface area contributed by atoms with Crippen LogP contribution in [0.25, 0.3) is 0 Å². The molecule has 0 heterocycles. The molecule has 0 aliphatic heterocycles. The molecule has 2 rings (SSSR count). The Bertz CT molecular complexity index is 371. The SMILES string of the molecule is COc1cc(CBr)ccc1OC1CCCCCC1. The van der Waals surface area contributed by atoms with Gasteiger partial charge in [0.05, 0.1) is 13.2 Å². The molecule has 1 aliphatic rings. The molecule has 0 unspecified atom stereocenters. The minimum atomic E-state index is 0.358. The van der Waals surface area contributed by atoms with Crippen molar-refractivity contribution in [1.82, 2.24) is 0 Å². The van der Waals surface area contributed by atoms with E-state index in [1.165, 1.54) is 44.1 Å². The van der Waals surface area contributed by atoms with Crippen LogP contribution in [0.1, 0.15) is 44.1 Å². The zero-order chi connectivity index (χ0) is 12.8. The summed E-state index contributed by atoms with van der Waals surface area (Å²) in [5.74, 6) is 1.73. The van der Waals surface area contributed by atoms with E-state index in [1.54, 1.807) is 7.11 Å². The Morgan fingerprint density at radius 3 is 2.44 bits per heavy atom. The molecule has 2 nitrogen and oxygen atoms in total. The fourth-order valence-corrected chi connectivity index (χ4v) is 2.78. The Labute approximate surface area is 118 Å². The van der Waals surface area contributed by atoms with Crippen molar-refractivity contribution in [3.63, 3.8) is 0 Å². The van der Waals surface area contributed by atoms with Crippen molar-refractivity contribution in [2.45, 2.75) is 50.0 Å². The van der Waals surface area contributed by atoms with E-state index in [0.29, 0.717) is 6.10 Å². The lowest BCUT2D eigenvalue weighted by atomic mass is 10.1. The van der Waals surface area contributed by atoms with E-state index in [-0.39, 0.29) is 0 Å². The van der Waals surface area contributed by atoms with Gasteiger partial charge in [-0.05, 0) is 43.4 Å². The summed E-state index contributed by atoms with van der Waals surface area (Å²) in [5, 5.41) is 0.840. The Morgan fingerprint density at radius 2 is 1.83 bits per heavy atom. The number of ether oxygens (including phenoxy) is 2. The van der Waals surface area contributed by atoms with Crippen molar-refractivity contribution >= 4 is 15.9 Å². The molecule has 0 amide bonds. The monoisotopic (exact) mass is 312 g/mol. The number of benzene rings is 1. The quantitative estimate of drug-likeness (QED) is 0.593. The molecule has 1 fully saturated rings. The summed E-state index contributed by atoms with van der Waals surface area (Å²) < 4.78 is 11.5. The van der Waals surface area contributed by atoms with E-state index in [4.69, 9.17) is 9.47 Å². The molecule has 0 aromatic heterocycles. The Hall–Kier alpha value is -0.700. The zero-order valence-corrected chi connectivity index (χ0v) is 12.5. The molecule has 1 aromatic rings. The maximum Gasteiger partial charge on any atom is 0.161 e. The molecule has 18 heavy (non-hydrogen) atoms. The molecule has 1 aromatic carbocycles. The van der Waals surface area contributed by atoms with Crippen molar-refractivity contribution in [1.29, 1.82) is 0 Å². The molecule has 1 aliphatic carbocycles. The van der Waals surface area contributed by atoms with E-state index < -0.39 is 0 Å². The third-order valence-corrected chi connectivity index (χ3v) is 4.13. The lowest BCUT2D eigenvalue weighted by Gasteiger charge is -2.19. The van der Waals surface area contributed by atoms with Gasteiger partial charge in [0.1, 0.15) is 0 Å². The van der Waals surface area contributed by atoms with Crippen molar-refractivity contribution in [3.8, 4) is 11.5 Å². The van der Waals surface area contributed by atoms with Crippen LogP contribution in [0.3, 0.4) is 0 Å². The molecular weight excluding hydrogens is 292 g/mol. The molecule has 0 radical (unpaired) electrons. The molecule has 0 atom stereocenters. The van der Waals surface area contributed by atoms with E-state index in [1.807, 2.05) is 12.1 Å². The highest BCUT2D eigenvalue weighted by Gasteiger charge is 2.16. The summed E-state index contributed by atoms with van der Waals surface area (Å²) in [6, 6.07) is 6.16. The minimum Gasteiger partial charge on any atom is -0.493 e. The number of halogens is 1. The smallest absolute Gasteiger partial charge is 0.161 e.